The molecule has 1 N–H and O–H groups in total. The molecule has 76 valence electrons. The Morgan fingerprint density at radius 3 is 2.29 bits per heavy atom. The number of sulfonamides is 1. The first-order chi connectivity index (χ1) is 6.42. The third-order valence-corrected chi connectivity index (χ3v) is 3.73. The minimum Gasteiger partial charge on any atom is -0.265 e. The van der Waals surface area contributed by atoms with Crippen molar-refractivity contribution >= 4 is 55.1 Å². The Hall–Kier alpha value is -0.110. The van der Waals surface area contributed by atoms with E-state index in [0.717, 1.165) is 4.47 Å². The van der Waals surface area contributed by atoms with E-state index in [2.05, 4.69) is 45.5 Å². The van der Waals surface area contributed by atoms with Crippen LogP contribution in [0.2, 0.25) is 0 Å². The summed E-state index contributed by atoms with van der Waals surface area (Å²) >= 11 is 11.4. The highest BCUT2D eigenvalue weighted by Gasteiger charge is 2.13. The third-order valence-electron chi connectivity index (χ3n) is 1.35. The van der Waals surface area contributed by atoms with Crippen LogP contribution < -0.4 is 4.72 Å². The Labute approximate surface area is 101 Å². The van der Waals surface area contributed by atoms with Crippen molar-refractivity contribution < 1.29 is 8.42 Å². The molecule has 3 nitrogen and oxygen atoms in total. The Balaban J connectivity index is 3.05. The summed E-state index contributed by atoms with van der Waals surface area (Å²) in [6.45, 7) is 0. The molecular weight excluding hydrogens is 306 g/mol. The minimum absolute atomic E-state index is 0.0760. The number of thiocarbonyl (C=S) groups is 1. The zero-order chi connectivity index (χ0) is 10.8. The molecule has 0 amide bonds. The van der Waals surface area contributed by atoms with Gasteiger partial charge in [-0.2, -0.15) is 0 Å². The monoisotopic (exact) mass is 311 g/mol. The standard InChI is InChI=1S/C7H6BrNO2S3/c8-5-1-3-6(4-2-5)14(10,11)9-7(12)13/h1-4H,(H2,9,12,13). The molecule has 14 heavy (non-hydrogen) atoms. The SMILES string of the molecule is O=S(=O)(NC(=S)S)c1ccc(Br)cc1. The van der Waals surface area contributed by atoms with Gasteiger partial charge in [0.05, 0.1) is 4.90 Å². The number of halogens is 1. The second-order valence-electron chi connectivity index (χ2n) is 2.36. The summed E-state index contributed by atoms with van der Waals surface area (Å²) in [5.74, 6) is 0. The van der Waals surface area contributed by atoms with Crippen molar-refractivity contribution in [2.24, 2.45) is 0 Å². The first-order valence-corrected chi connectivity index (χ1v) is 6.56. The third kappa shape index (κ3) is 3.23. The van der Waals surface area contributed by atoms with Gasteiger partial charge in [0.2, 0.25) is 0 Å². The highest BCUT2D eigenvalue weighted by molar-refractivity contribution is 9.10. The molecular formula is C7H6BrNO2S3. The lowest BCUT2D eigenvalue weighted by Gasteiger charge is -2.04. The van der Waals surface area contributed by atoms with Gasteiger partial charge in [0.15, 0.2) is 0 Å². The minimum atomic E-state index is -3.56. The predicted molar refractivity (Wildman–Crippen MR) is 66.0 cm³/mol. The lowest BCUT2D eigenvalue weighted by atomic mass is 10.4. The van der Waals surface area contributed by atoms with Gasteiger partial charge in [0.25, 0.3) is 10.0 Å². The van der Waals surface area contributed by atoms with Gasteiger partial charge in [-0.1, -0.05) is 28.1 Å². The number of hydrogen-bond acceptors (Lipinski definition) is 3. The lowest BCUT2D eigenvalue weighted by Crippen LogP contribution is -2.25. The number of nitrogens with one attached hydrogen (secondary N) is 1. The quantitative estimate of drug-likeness (QED) is 0.648. The average Bonchev–Trinajstić information content (AvgIpc) is 2.02. The Morgan fingerprint density at radius 2 is 1.86 bits per heavy atom. The van der Waals surface area contributed by atoms with Crippen molar-refractivity contribution in [1.29, 1.82) is 0 Å². The van der Waals surface area contributed by atoms with E-state index < -0.39 is 10.0 Å². The molecule has 0 heterocycles. The van der Waals surface area contributed by atoms with Crippen LogP contribution in [0.1, 0.15) is 0 Å². The summed E-state index contributed by atoms with van der Waals surface area (Å²) in [6.07, 6.45) is 0. The molecule has 0 bridgehead atoms. The van der Waals surface area contributed by atoms with Crippen LogP contribution >= 0.6 is 40.8 Å². The smallest absolute Gasteiger partial charge is 0.262 e. The van der Waals surface area contributed by atoms with Crippen LogP contribution in [0.4, 0.5) is 0 Å². The molecule has 0 aromatic heterocycles. The van der Waals surface area contributed by atoms with Gasteiger partial charge < -0.3 is 0 Å². The van der Waals surface area contributed by atoms with Crippen molar-refractivity contribution in [2.75, 3.05) is 0 Å². The van der Waals surface area contributed by atoms with E-state index in [-0.39, 0.29) is 9.22 Å². The molecule has 0 atom stereocenters. The second kappa shape index (κ2) is 4.61. The largest absolute Gasteiger partial charge is 0.265 e. The van der Waals surface area contributed by atoms with Crippen molar-refractivity contribution in [2.45, 2.75) is 4.90 Å². The van der Waals surface area contributed by atoms with Crippen LogP contribution in [0.3, 0.4) is 0 Å². The molecule has 0 aliphatic rings. The molecule has 1 aromatic rings. The number of hydrogen-bond donors (Lipinski definition) is 2. The van der Waals surface area contributed by atoms with Crippen LogP contribution in [0.15, 0.2) is 33.6 Å². The van der Waals surface area contributed by atoms with Crippen LogP contribution in [-0.2, 0) is 10.0 Å². The molecule has 1 rings (SSSR count). The van der Waals surface area contributed by atoms with E-state index in [1.165, 1.54) is 12.1 Å². The Morgan fingerprint density at radius 1 is 1.36 bits per heavy atom. The van der Waals surface area contributed by atoms with Gasteiger partial charge >= 0.3 is 0 Å². The van der Waals surface area contributed by atoms with E-state index in [1.807, 2.05) is 0 Å². The van der Waals surface area contributed by atoms with E-state index in [0.29, 0.717) is 0 Å². The fraction of sp³-hybridized carbons (Fsp3) is 0. The van der Waals surface area contributed by atoms with Crippen LogP contribution in [0.25, 0.3) is 0 Å². The molecule has 0 radical (unpaired) electrons. The summed E-state index contributed by atoms with van der Waals surface area (Å²) in [4.78, 5) is 0.150. The van der Waals surface area contributed by atoms with Crippen LogP contribution in [-0.4, -0.2) is 12.7 Å². The maximum Gasteiger partial charge on any atom is 0.262 e. The highest BCUT2D eigenvalue weighted by atomic mass is 79.9. The van der Waals surface area contributed by atoms with Crippen molar-refractivity contribution in [3.05, 3.63) is 28.7 Å². The van der Waals surface area contributed by atoms with Gasteiger partial charge in [-0.3, -0.25) is 4.72 Å². The van der Waals surface area contributed by atoms with E-state index >= 15 is 0 Å². The highest BCUT2D eigenvalue weighted by Crippen LogP contribution is 2.14. The number of thiol groups is 1. The fourth-order valence-electron chi connectivity index (χ4n) is 0.788. The molecule has 0 fully saturated rings. The topological polar surface area (TPSA) is 46.2 Å². The molecule has 0 saturated heterocycles. The van der Waals surface area contributed by atoms with Gasteiger partial charge in [-0.05, 0) is 24.3 Å². The molecule has 7 heteroatoms. The van der Waals surface area contributed by atoms with Gasteiger partial charge in [0.1, 0.15) is 4.32 Å². The zero-order valence-electron chi connectivity index (χ0n) is 6.77. The Kier molecular flexibility index (Phi) is 3.94. The van der Waals surface area contributed by atoms with Crippen molar-refractivity contribution in [3.63, 3.8) is 0 Å². The first kappa shape index (κ1) is 12.0. The number of benzene rings is 1. The molecule has 0 saturated carbocycles. The normalized spacial score (nSPS) is 11.0. The van der Waals surface area contributed by atoms with Crippen molar-refractivity contribution in [1.82, 2.24) is 4.72 Å². The molecule has 0 aliphatic heterocycles. The van der Waals surface area contributed by atoms with Crippen LogP contribution in [0, 0.1) is 0 Å². The van der Waals surface area contributed by atoms with E-state index in [4.69, 9.17) is 0 Å². The van der Waals surface area contributed by atoms with E-state index in [9.17, 15) is 8.42 Å². The summed E-state index contributed by atoms with van der Waals surface area (Å²) in [5.41, 5.74) is 0. The van der Waals surface area contributed by atoms with Gasteiger partial charge in [0, 0.05) is 4.47 Å². The summed E-state index contributed by atoms with van der Waals surface area (Å²) < 4.78 is 25.8. The summed E-state index contributed by atoms with van der Waals surface area (Å²) in [5, 5.41) is 0. The average molecular weight is 312 g/mol. The van der Waals surface area contributed by atoms with Crippen LogP contribution in [0.5, 0.6) is 0 Å². The predicted octanol–water partition coefficient (Wildman–Crippen LogP) is 1.94. The summed E-state index contributed by atoms with van der Waals surface area (Å²) in [7, 11) is -3.56. The van der Waals surface area contributed by atoms with E-state index in [1.54, 1.807) is 12.1 Å². The first-order valence-electron chi connectivity index (χ1n) is 3.43. The fourth-order valence-corrected chi connectivity index (χ4v) is 2.58. The second-order valence-corrected chi connectivity index (χ2v) is 6.12. The maximum atomic E-state index is 11.5. The lowest BCUT2D eigenvalue weighted by molar-refractivity contribution is 0.593. The zero-order valence-corrected chi connectivity index (χ0v) is 10.9. The maximum absolute atomic E-state index is 11.5. The van der Waals surface area contributed by atoms with Crippen molar-refractivity contribution in [3.8, 4) is 0 Å². The molecule has 0 unspecified atom stereocenters. The molecule has 0 spiro atoms. The molecule has 1 aromatic carbocycles. The van der Waals surface area contributed by atoms with Gasteiger partial charge in [-0.15, -0.1) is 12.6 Å². The Bertz CT molecular complexity index is 441. The van der Waals surface area contributed by atoms with Gasteiger partial charge in [-0.25, -0.2) is 8.42 Å². The summed E-state index contributed by atoms with van der Waals surface area (Å²) in [6, 6.07) is 6.21. The number of rotatable bonds is 2. The molecule has 0 aliphatic carbocycles.